The lowest BCUT2D eigenvalue weighted by Crippen LogP contribution is -2.36. The van der Waals surface area contributed by atoms with Gasteiger partial charge in [-0.15, -0.1) is 0 Å². The molecule has 12 rings (SSSR count). The summed E-state index contributed by atoms with van der Waals surface area (Å²) in [5, 5.41) is 1.01. The molecular weight excluding hydrogens is 717 g/mol. The molecule has 5 nitrogen and oxygen atoms in total. The summed E-state index contributed by atoms with van der Waals surface area (Å²) in [5.41, 5.74) is 13.9. The van der Waals surface area contributed by atoms with E-state index in [1.54, 1.807) is 0 Å². The monoisotopic (exact) mass is 748 g/mol. The van der Waals surface area contributed by atoms with Gasteiger partial charge in [-0.25, -0.2) is 14.2 Å². The average molecular weight is 749 g/mol. The maximum atomic E-state index is 14.6. The maximum Gasteiger partial charge on any atom is 0.235 e. The van der Waals surface area contributed by atoms with Crippen LogP contribution in [0.1, 0.15) is 22.3 Å². The van der Waals surface area contributed by atoms with Crippen molar-refractivity contribution in [3.8, 4) is 22.4 Å². The van der Waals surface area contributed by atoms with E-state index in [4.69, 9.17) is 9.97 Å². The Balaban J connectivity index is 1.17. The van der Waals surface area contributed by atoms with Crippen molar-refractivity contribution in [1.82, 2.24) is 9.97 Å². The summed E-state index contributed by atoms with van der Waals surface area (Å²) in [5.74, 6) is 0.613. The zero-order chi connectivity index (χ0) is 37.7. The number of fused-ring (bicyclic) bond motifs is 13. The van der Waals surface area contributed by atoms with Gasteiger partial charge in [-0.2, -0.15) is 0 Å². The second kappa shape index (κ2) is 12.2. The molecule has 0 radical (unpaired) electrons. The summed E-state index contributed by atoms with van der Waals surface area (Å²) in [4.78, 5) is 16.9. The van der Waals surface area contributed by atoms with Gasteiger partial charge in [0.25, 0.3) is 0 Å². The van der Waals surface area contributed by atoms with Gasteiger partial charge in [0.2, 0.25) is 5.95 Å². The number of rotatable bonds is 3. The molecule has 1 atom stereocenters. The van der Waals surface area contributed by atoms with Crippen molar-refractivity contribution in [3.05, 3.63) is 216 Å². The minimum Gasteiger partial charge on any atom is -0.307 e. The van der Waals surface area contributed by atoms with Crippen molar-refractivity contribution in [2.45, 2.75) is 15.2 Å². The van der Waals surface area contributed by atoms with Gasteiger partial charge < -0.3 is 4.90 Å². The summed E-state index contributed by atoms with van der Waals surface area (Å²) in [6.07, 6.45) is 0. The SMILES string of the molecule is O=S1c2ccccc2N(c2ccccc2)c2c1ccc1c2-c2ccccc2C12c1ccccc1N(c1nc(-c3ccccc3)c3ccccc3n1)c1ccccc12. The average Bonchev–Trinajstić information content (AvgIpc) is 3.58. The fourth-order valence-electron chi connectivity index (χ4n) is 9.61. The topological polar surface area (TPSA) is 49.3 Å². The lowest BCUT2D eigenvalue weighted by molar-refractivity contribution is 0.682. The highest BCUT2D eigenvalue weighted by Gasteiger charge is 2.53. The maximum absolute atomic E-state index is 14.6. The summed E-state index contributed by atoms with van der Waals surface area (Å²) in [6, 6.07) is 67.8. The third kappa shape index (κ3) is 4.36. The van der Waals surface area contributed by atoms with E-state index >= 15 is 0 Å². The smallest absolute Gasteiger partial charge is 0.235 e. The number of benzene rings is 8. The Hall–Kier alpha value is -7.15. The summed E-state index contributed by atoms with van der Waals surface area (Å²) >= 11 is 0. The lowest BCUT2D eigenvalue weighted by atomic mass is 9.64. The van der Waals surface area contributed by atoms with Crippen LogP contribution in [-0.4, -0.2) is 14.2 Å². The molecule has 8 aromatic carbocycles. The van der Waals surface area contributed by atoms with Gasteiger partial charge in [0, 0.05) is 22.2 Å². The van der Waals surface area contributed by atoms with Crippen LogP contribution in [0.2, 0.25) is 0 Å². The van der Waals surface area contributed by atoms with Crippen LogP contribution in [0.3, 0.4) is 0 Å². The Morgan fingerprint density at radius 1 is 0.456 bits per heavy atom. The predicted octanol–water partition coefficient (Wildman–Crippen LogP) is 12.4. The van der Waals surface area contributed by atoms with Gasteiger partial charge in [-0.05, 0) is 76.3 Å². The molecule has 0 amide bonds. The fraction of sp³-hybridized carbons (Fsp3) is 0.0196. The Morgan fingerprint density at radius 3 is 1.81 bits per heavy atom. The zero-order valence-electron chi connectivity index (χ0n) is 30.6. The number of aromatic nitrogens is 2. The molecule has 57 heavy (non-hydrogen) atoms. The van der Waals surface area contributed by atoms with Crippen molar-refractivity contribution < 1.29 is 4.21 Å². The van der Waals surface area contributed by atoms with Gasteiger partial charge in [0.05, 0.1) is 60.0 Å². The molecular formula is C51H32N4OS. The molecule has 0 bridgehead atoms. The molecule has 1 unspecified atom stereocenters. The number of hydrogen-bond acceptors (Lipinski definition) is 5. The summed E-state index contributed by atoms with van der Waals surface area (Å²) in [7, 11) is -1.39. The van der Waals surface area contributed by atoms with Crippen molar-refractivity contribution in [3.63, 3.8) is 0 Å². The van der Waals surface area contributed by atoms with Gasteiger partial charge >= 0.3 is 0 Å². The summed E-state index contributed by atoms with van der Waals surface area (Å²) in [6.45, 7) is 0. The first-order chi connectivity index (χ1) is 28.2. The third-order valence-corrected chi connectivity index (χ3v) is 13.3. The molecule has 0 saturated heterocycles. The van der Waals surface area contributed by atoms with Crippen molar-refractivity contribution >= 4 is 56.1 Å². The molecule has 1 aliphatic carbocycles. The van der Waals surface area contributed by atoms with Crippen LogP contribution in [0.15, 0.2) is 204 Å². The highest BCUT2D eigenvalue weighted by Crippen LogP contribution is 2.66. The van der Waals surface area contributed by atoms with E-state index in [1.165, 1.54) is 5.56 Å². The van der Waals surface area contributed by atoms with Crippen LogP contribution >= 0.6 is 0 Å². The largest absolute Gasteiger partial charge is 0.307 e. The highest BCUT2D eigenvalue weighted by molar-refractivity contribution is 7.85. The van der Waals surface area contributed by atoms with E-state index in [0.717, 1.165) is 88.2 Å². The van der Waals surface area contributed by atoms with Crippen LogP contribution < -0.4 is 9.80 Å². The van der Waals surface area contributed by atoms with Crippen LogP contribution in [0.4, 0.5) is 34.4 Å². The summed E-state index contributed by atoms with van der Waals surface area (Å²) < 4.78 is 14.6. The van der Waals surface area contributed by atoms with Gasteiger partial charge in [0.1, 0.15) is 0 Å². The normalized spacial score (nSPS) is 15.3. The predicted molar refractivity (Wildman–Crippen MR) is 230 cm³/mol. The second-order valence-electron chi connectivity index (χ2n) is 14.7. The van der Waals surface area contributed by atoms with E-state index in [-0.39, 0.29) is 0 Å². The van der Waals surface area contributed by atoms with E-state index < -0.39 is 16.2 Å². The molecule has 3 heterocycles. The van der Waals surface area contributed by atoms with E-state index in [1.807, 2.05) is 42.5 Å². The van der Waals surface area contributed by atoms with Gasteiger partial charge in [0.15, 0.2) is 0 Å². The molecule has 3 aliphatic rings. The second-order valence-corrected chi connectivity index (χ2v) is 16.1. The van der Waals surface area contributed by atoms with Crippen molar-refractivity contribution in [2.75, 3.05) is 9.80 Å². The third-order valence-electron chi connectivity index (χ3n) is 11.8. The van der Waals surface area contributed by atoms with Gasteiger partial charge in [-0.1, -0.05) is 146 Å². The zero-order valence-corrected chi connectivity index (χ0v) is 31.4. The van der Waals surface area contributed by atoms with Crippen molar-refractivity contribution in [1.29, 1.82) is 0 Å². The molecule has 2 aliphatic heterocycles. The number of para-hydroxylation sites is 5. The minimum absolute atomic E-state index is 0.613. The molecule has 268 valence electrons. The van der Waals surface area contributed by atoms with E-state index in [9.17, 15) is 4.21 Å². The van der Waals surface area contributed by atoms with E-state index in [2.05, 4.69) is 161 Å². The Kier molecular flexibility index (Phi) is 6.86. The number of nitrogens with zero attached hydrogens (tertiary/aromatic N) is 4. The minimum atomic E-state index is -1.39. The quantitative estimate of drug-likeness (QED) is 0.180. The number of hydrogen-bond donors (Lipinski definition) is 0. The molecule has 1 spiro atoms. The first-order valence-corrected chi connectivity index (χ1v) is 20.3. The van der Waals surface area contributed by atoms with E-state index in [0.29, 0.717) is 5.95 Å². The molecule has 9 aromatic rings. The van der Waals surface area contributed by atoms with Crippen LogP contribution in [-0.2, 0) is 16.2 Å². The van der Waals surface area contributed by atoms with Crippen molar-refractivity contribution in [2.24, 2.45) is 0 Å². The Labute approximate surface area is 332 Å². The van der Waals surface area contributed by atoms with Crippen LogP contribution in [0.5, 0.6) is 0 Å². The molecule has 0 saturated carbocycles. The fourth-order valence-corrected chi connectivity index (χ4v) is 11.0. The lowest BCUT2D eigenvalue weighted by Gasteiger charge is -2.44. The standard InChI is InChI=1S/C51H32N4OS/c56-57-45-30-16-15-29-44(45)54(34-19-5-2-6-20-34)49-46(57)32-31-40-47(49)35-21-7-9-23-37(35)51(40)38-24-10-13-27-42(38)55(43-28-14-11-25-39(43)51)50-52-41-26-12-8-22-36(41)48(53-50)33-17-3-1-4-18-33/h1-32H. The Morgan fingerprint density at radius 2 is 1.05 bits per heavy atom. The molecule has 6 heteroatoms. The van der Waals surface area contributed by atoms with Gasteiger partial charge in [-0.3, -0.25) is 4.90 Å². The van der Waals surface area contributed by atoms with Crippen LogP contribution in [0.25, 0.3) is 33.3 Å². The van der Waals surface area contributed by atoms with Crippen LogP contribution in [0, 0.1) is 0 Å². The highest BCUT2D eigenvalue weighted by atomic mass is 32.2. The first kappa shape index (κ1) is 32.1. The molecule has 1 aromatic heterocycles. The first-order valence-electron chi connectivity index (χ1n) is 19.2. The molecule has 0 fully saturated rings. The Bertz CT molecular complexity index is 3080. The molecule has 0 N–H and O–H groups in total. The number of anilines is 6.